The lowest BCUT2D eigenvalue weighted by molar-refractivity contribution is -0.384. The van der Waals surface area contributed by atoms with Crippen molar-refractivity contribution >= 4 is 40.1 Å². The highest BCUT2D eigenvalue weighted by Crippen LogP contribution is 2.36. The van der Waals surface area contributed by atoms with Gasteiger partial charge in [-0.05, 0) is 12.0 Å². The van der Waals surface area contributed by atoms with Gasteiger partial charge in [0.05, 0.1) is 10.5 Å². The van der Waals surface area contributed by atoms with Gasteiger partial charge in [0.15, 0.2) is 5.12 Å². The number of carbonyl (C=O) groups excluding carboxylic acids is 2. The first-order valence-corrected chi connectivity index (χ1v) is 7.74. The second-order valence-corrected chi connectivity index (χ2v) is 6.31. The van der Waals surface area contributed by atoms with Crippen molar-refractivity contribution < 1.29 is 24.4 Å². The maximum Gasteiger partial charge on any atom is 0.338 e. The highest BCUT2D eigenvalue weighted by atomic mass is 32.2. The molecule has 1 aliphatic rings. The summed E-state index contributed by atoms with van der Waals surface area (Å²) in [6.45, 7) is 1.58. The Kier molecular flexibility index (Phi) is 4.99. The number of hydrogen-bond acceptors (Lipinski definition) is 6. The predicted octanol–water partition coefficient (Wildman–Crippen LogP) is 1.93. The standard InChI is InChI=1S/C14H14N2O6S/c1-8(17)23-7-9-5-12(18)15(6-9)13-10(14(19)20)3-2-4-11(13)16(21)22/h2-4,9H,5-7H2,1H3,(H,19,20). The summed E-state index contributed by atoms with van der Waals surface area (Å²) < 4.78 is 0. The molecule has 2 rings (SSSR count). The Labute approximate surface area is 135 Å². The van der Waals surface area contributed by atoms with Gasteiger partial charge in [-0.3, -0.25) is 19.7 Å². The number of rotatable bonds is 5. The zero-order valence-electron chi connectivity index (χ0n) is 12.2. The number of nitro benzene ring substituents is 1. The molecule has 0 aliphatic carbocycles. The minimum atomic E-state index is -1.34. The minimum Gasteiger partial charge on any atom is -0.478 e. The SMILES string of the molecule is CC(=O)SCC1CC(=O)N(c2c(C(=O)O)cccc2[N+](=O)[O-])C1. The van der Waals surface area contributed by atoms with Crippen molar-refractivity contribution in [1.82, 2.24) is 0 Å². The molecule has 1 heterocycles. The van der Waals surface area contributed by atoms with Crippen LogP contribution in [0.1, 0.15) is 23.7 Å². The molecule has 1 saturated heterocycles. The summed E-state index contributed by atoms with van der Waals surface area (Å²) >= 11 is 1.08. The molecule has 1 N–H and O–H groups in total. The van der Waals surface area contributed by atoms with Crippen molar-refractivity contribution in [2.24, 2.45) is 5.92 Å². The molecule has 1 aliphatic heterocycles. The second-order valence-electron chi connectivity index (χ2n) is 5.11. The van der Waals surface area contributed by atoms with Crippen molar-refractivity contribution in [3.63, 3.8) is 0 Å². The van der Waals surface area contributed by atoms with Crippen LogP contribution in [0.5, 0.6) is 0 Å². The van der Waals surface area contributed by atoms with Gasteiger partial charge in [0.25, 0.3) is 5.69 Å². The molecule has 1 aromatic rings. The molecular formula is C14H14N2O6S. The van der Waals surface area contributed by atoms with Crippen LogP contribution in [-0.2, 0) is 9.59 Å². The van der Waals surface area contributed by atoms with Gasteiger partial charge < -0.3 is 10.0 Å². The van der Waals surface area contributed by atoms with E-state index in [2.05, 4.69) is 0 Å². The third-order valence-corrected chi connectivity index (χ3v) is 4.48. The Morgan fingerprint density at radius 2 is 2.17 bits per heavy atom. The van der Waals surface area contributed by atoms with Crippen LogP contribution in [-0.4, -0.2) is 39.3 Å². The first kappa shape index (κ1) is 16.9. The Bertz CT molecular complexity index is 658. The lowest BCUT2D eigenvalue weighted by Gasteiger charge is -2.18. The molecule has 0 saturated carbocycles. The van der Waals surface area contributed by atoms with Gasteiger partial charge in [0, 0.05) is 31.7 Å². The van der Waals surface area contributed by atoms with E-state index in [1.54, 1.807) is 0 Å². The summed E-state index contributed by atoms with van der Waals surface area (Å²) in [5, 5.41) is 20.4. The molecule has 1 aromatic carbocycles. The van der Waals surface area contributed by atoms with Gasteiger partial charge >= 0.3 is 5.97 Å². The Morgan fingerprint density at radius 1 is 1.48 bits per heavy atom. The van der Waals surface area contributed by atoms with Crippen LogP contribution in [0.15, 0.2) is 18.2 Å². The molecule has 0 radical (unpaired) electrons. The highest BCUT2D eigenvalue weighted by Gasteiger charge is 2.37. The van der Waals surface area contributed by atoms with E-state index in [1.807, 2.05) is 0 Å². The summed E-state index contributed by atoms with van der Waals surface area (Å²) in [4.78, 5) is 46.2. The molecule has 1 atom stereocenters. The van der Waals surface area contributed by atoms with E-state index in [0.29, 0.717) is 5.75 Å². The number of carboxylic acid groups (broad SMARTS) is 1. The molecule has 1 fully saturated rings. The average Bonchev–Trinajstić information content (AvgIpc) is 2.85. The van der Waals surface area contributed by atoms with E-state index in [1.165, 1.54) is 25.1 Å². The molecule has 1 amide bonds. The molecule has 9 heteroatoms. The van der Waals surface area contributed by atoms with E-state index < -0.39 is 16.6 Å². The Hall–Kier alpha value is -2.42. The molecule has 0 bridgehead atoms. The zero-order chi connectivity index (χ0) is 17.1. The predicted molar refractivity (Wildman–Crippen MR) is 83.7 cm³/mol. The fraction of sp³-hybridized carbons (Fsp3) is 0.357. The van der Waals surface area contributed by atoms with E-state index in [0.717, 1.165) is 16.7 Å². The number of hydrogen-bond donors (Lipinski definition) is 1. The highest BCUT2D eigenvalue weighted by molar-refractivity contribution is 8.13. The smallest absolute Gasteiger partial charge is 0.338 e. The van der Waals surface area contributed by atoms with Crippen molar-refractivity contribution in [3.05, 3.63) is 33.9 Å². The van der Waals surface area contributed by atoms with Gasteiger partial charge in [-0.15, -0.1) is 0 Å². The number of carbonyl (C=O) groups is 3. The molecular weight excluding hydrogens is 324 g/mol. The summed E-state index contributed by atoms with van der Waals surface area (Å²) in [7, 11) is 0. The fourth-order valence-electron chi connectivity index (χ4n) is 2.48. The molecule has 122 valence electrons. The largest absolute Gasteiger partial charge is 0.478 e. The lowest BCUT2D eigenvalue weighted by atomic mass is 10.1. The van der Waals surface area contributed by atoms with Crippen LogP contribution in [0, 0.1) is 16.0 Å². The third-order valence-electron chi connectivity index (χ3n) is 3.44. The monoisotopic (exact) mass is 338 g/mol. The van der Waals surface area contributed by atoms with Crippen molar-refractivity contribution in [2.75, 3.05) is 17.2 Å². The summed E-state index contributed by atoms with van der Waals surface area (Å²) in [6, 6.07) is 3.68. The van der Waals surface area contributed by atoms with Gasteiger partial charge in [-0.2, -0.15) is 0 Å². The normalized spacial score (nSPS) is 17.3. The summed E-state index contributed by atoms with van der Waals surface area (Å²) in [5.41, 5.74) is -0.893. The maximum absolute atomic E-state index is 12.2. The molecule has 1 unspecified atom stereocenters. The molecule has 23 heavy (non-hydrogen) atoms. The first-order valence-electron chi connectivity index (χ1n) is 6.75. The van der Waals surface area contributed by atoms with Gasteiger partial charge in [0.2, 0.25) is 5.91 Å². The fourth-order valence-corrected chi connectivity index (χ4v) is 3.17. The van der Waals surface area contributed by atoms with E-state index >= 15 is 0 Å². The van der Waals surface area contributed by atoms with Crippen molar-refractivity contribution in [1.29, 1.82) is 0 Å². The quantitative estimate of drug-likeness (QED) is 0.643. The number of thioether (sulfide) groups is 1. The summed E-state index contributed by atoms with van der Waals surface area (Å²) in [6.07, 6.45) is 0.130. The minimum absolute atomic E-state index is 0.0761. The zero-order valence-corrected chi connectivity index (χ0v) is 13.0. The van der Waals surface area contributed by atoms with E-state index in [4.69, 9.17) is 0 Å². The number of anilines is 1. The number of nitrogens with zero attached hydrogens (tertiary/aromatic N) is 2. The van der Waals surface area contributed by atoms with Gasteiger partial charge in [-0.1, -0.05) is 17.8 Å². The Balaban J connectivity index is 2.37. The number of para-hydroxylation sites is 1. The molecule has 8 nitrogen and oxygen atoms in total. The number of benzene rings is 1. The van der Waals surface area contributed by atoms with E-state index in [-0.39, 0.29) is 41.2 Å². The van der Waals surface area contributed by atoms with E-state index in [9.17, 15) is 29.6 Å². The second kappa shape index (κ2) is 6.78. The first-order chi connectivity index (χ1) is 10.8. The number of carboxylic acids is 1. The Morgan fingerprint density at radius 3 is 2.74 bits per heavy atom. The van der Waals surface area contributed by atoms with Crippen LogP contribution in [0.2, 0.25) is 0 Å². The van der Waals surface area contributed by atoms with Crippen LogP contribution >= 0.6 is 11.8 Å². The number of aromatic carboxylic acids is 1. The van der Waals surface area contributed by atoms with Crippen molar-refractivity contribution in [2.45, 2.75) is 13.3 Å². The van der Waals surface area contributed by atoms with Gasteiger partial charge in [0.1, 0.15) is 5.69 Å². The summed E-state index contributed by atoms with van der Waals surface area (Å²) in [5.74, 6) is -1.45. The molecule has 0 spiro atoms. The number of amides is 1. The van der Waals surface area contributed by atoms with Crippen molar-refractivity contribution in [3.8, 4) is 0 Å². The lowest BCUT2D eigenvalue weighted by Crippen LogP contribution is -2.27. The molecule has 0 aromatic heterocycles. The third kappa shape index (κ3) is 3.67. The van der Waals surface area contributed by atoms with Crippen LogP contribution in [0.3, 0.4) is 0 Å². The van der Waals surface area contributed by atoms with Crippen LogP contribution in [0.25, 0.3) is 0 Å². The van der Waals surface area contributed by atoms with Crippen LogP contribution < -0.4 is 4.90 Å². The topological polar surface area (TPSA) is 118 Å². The number of nitro groups is 1. The van der Waals surface area contributed by atoms with Crippen LogP contribution in [0.4, 0.5) is 11.4 Å². The van der Waals surface area contributed by atoms with Gasteiger partial charge in [-0.25, -0.2) is 4.79 Å². The average molecular weight is 338 g/mol. The maximum atomic E-state index is 12.2.